The lowest BCUT2D eigenvalue weighted by molar-refractivity contribution is 0.297. The molecule has 0 saturated heterocycles. The van der Waals surface area contributed by atoms with Crippen molar-refractivity contribution in [3.05, 3.63) is 59.8 Å². The highest BCUT2D eigenvalue weighted by Gasteiger charge is 2.15. The predicted molar refractivity (Wildman–Crippen MR) is 116 cm³/mol. The summed E-state index contributed by atoms with van der Waals surface area (Å²) in [7, 11) is 6.06. The van der Waals surface area contributed by atoms with Gasteiger partial charge in [-0.05, 0) is 35.9 Å². The van der Waals surface area contributed by atoms with Gasteiger partial charge in [0.15, 0.2) is 11.5 Å². The number of aromatic nitrogens is 2. The molecule has 0 radical (unpaired) electrons. The van der Waals surface area contributed by atoms with Crippen molar-refractivity contribution < 1.29 is 9.47 Å². The molecule has 0 unspecified atom stereocenters. The molecule has 2 heterocycles. The SMILES string of the molecule is CN(C)c1ccc(CNCc2cn(C)nc2-c2ccc3c(c2)OCCCO3)cc1. The van der Waals surface area contributed by atoms with Gasteiger partial charge in [0.1, 0.15) is 0 Å². The Labute approximate surface area is 172 Å². The van der Waals surface area contributed by atoms with Crippen molar-refractivity contribution in [3.63, 3.8) is 0 Å². The van der Waals surface area contributed by atoms with Crippen molar-refractivity contribution in [2.24, 2.45) is 7.05 Å². The third-order valence-corrected chi connectivity index (χ3v) is 5.02. The van der Waals surface area contributed by atoms with E-state index in [0.717, 1.165) is 47.8 Å². The first kappa shape index (κ1) is 19.3. The lowest BCUT2D eigenvalue weighted by Crippen LogP contribution is -2.13. The van der Waals surface area contributed by atoms with Crippen LogP contribution in [0, 0.1) is 0 Å². The number of hydrogen-bond donors (Lipinski definition) is 1. The summed E-state index contributed by atoms with van der Waals surface area (Å²) in [6, 6.07) is 14.7. The molecular weight excluding hydrogens is 364 g/mol. The monoisotopic (exact) mass is 392 g/mol. The summed E-state index contributed by atoms with van der Waals surface area (Å²) >= 11 is 0. The Morgan fingerprint density at radius 2 is 1.76 bits per heavy atom. The molecule has 29 heavy (non-hydrogen) atoms. The smallest absolute Gasteiger partial charge is 0.161 e. The topological polar surface area (TPSA) is 51.6 Å². The first-order valence-electron chi connectivity index (χ1n) is 9.99. The summed E-state index contributed by atoms with van der Waals surface area (Å²) in [6.07, 6.45) is 2.97. The molecule has 0 fully saturated rings. The average Bonchev–Trinajstić information content (AvgIpc) is 2.94. The fourth-order valence-corrected chi connectivity index (χ4v) is 3.47. The van der Waals surface area contributed by atoms with Crippen molar-refractivity contribution in [1.82, 2.24) is 15.1 Å². The molecule has 2 aromatic carbocycles. The van der Waals surface area contributed by atoms with Crippen LogP contribution in [0.25, 0.3) is 11.3 Å². The minimum atomic E-state index is 0.680. The minimum absolute atomic E-state index is 0.680. The largest absolute Gasteiger partial charge is 0.490 e. The molecule has 3 aromatic rings. The molecule has 0 aliphatic carbocycles. The van der Waals surface area contributed by atoms with Crippen LogP contribution in [0.15, 0.2) is 48.7 Å². The van der Waals surface area contributed by atoms with Gasteiger partial charge in [-0.15, -0.1) is 0 Å². The van der Waals surface area contributed by atoms with Crippen LogP contribution in [-0.2, 0) is 20.1 Å². The van der Waals surface area contributed by atoms with E-state index in [2.05, 4.69) is 65.9 Å². The lowest BCUT2D eigenvalue weighted by atomic mass is 10.1. The maximum absolute atomic E-state index is 5.84. The van der Waals surface area contributed by atoms with Gasteiger partial charge in [0.2, 0.25) is 0 Å². The van der Waals surface area contributed by atoms with Crippen molar-refractivity contribution in [2.75, 3.05) is 32.2 Å². The number of ether oxygens (including phenoxy) is 2. The van der Waals surface area contributed by atoms with E-state index < -0.39 is 0 Å². The van der Waals surface area contributed by atoms with Gasteiger partial charge in [-0.2, -0.15) is 5.10 Å². The summed E-state index contributed by atoms with van der Waals surface area (Å²) in [5.41, 5.74) is 5.64. The number of nitrogens with one attached hydrogen (secondary N) is 1. The number of fused-ring (bicyclic) bond motifs is 1. The number of benzene rings is 2. The molecule has 0 bridgehead atoms. The van der Waals surface area contributed by atoms with Gasteiger partial charge in [0, 0.05) is 63.7 Å². The van der Waals surface area contributed by atoms with Crippen molar-refractivity contribution >= 4 is 5.69 Å². The van der Waals surface area contributed by atoms with Crippen molar-refractivity contribution in [2.45, 2.75) is 19.5 Å². The van der Waals surface area contributed by atoms with Gasteiger partial charge in [-0.1, -0.05) is 12.1 Å². The molecule has 0 atom stereocenters. The number of nitrogens with zero attached hydrogens (tertiary/aromatic N) is 3. The van der Waals surface area contributed by atoms with Crippen LogP contribution in [0.5, 0.6) is 11.5 Å². The van der Waals surface area contributed by atoms with Crippen LogP contribution in [-0.4, -0.2) is 37.1 Å². The second-order valence-corrected chi connectivity index (χ2v) is 7.55. The molecular formula is C23H28N4O2. The van der Waals surface area contributed by atoms with Crippen LogP contribution < -0.4 is 19.7 Å². The molecule has 1 aliphatic rings. The average molecular weight is 393 g/mol. The van der Waals surface area contributed by atoms with E-state index >= 15 is 0 Å². The molecule has 6 heteroatoms. The first-order chi connectivity index (χ1) is 14.1. The second kappa shape index (κ2) is 8.57. The zero-order chi connectivity index (χ0) is 20.2. The Bertz CT molecular complexity index is 964. The van der Waals surface area contributed by atoms with Crippen molar-refractivity contribution in [1.29, 1.82) is 0 Å². The van der Waals surface area contributed by atoms with Crippen LogP contribution >= 0.6 is 0 Å². The summed E-state index contributed by atoms with van der Waals surface area (Å²) in [5, 5.41) is 8.22. The van der Waals surface area contributed by atoms with E-state index in [4.69, 9.17) is 9.47 Å². The maximum Gasteiger partial charge on any atom is 0.161 e. The molecule has 1 aromatic heterocycles. The fraction of sp³-hybridized carbons (Fsp3) is 0.348. The van der Waals surface area contributed by atoms with E-state index in [9.17, 15) is 0 Å². The number of hydrogen-bond acceptors (Lipinski definition) is 5. The van der Waals surface area contributed by atoms with E-state index in [-0.39, 0.29) is 0 Å². The molecule has 152 valence electrons. The fourth-order valence-electron chi connectivity index (χ4n) is 3.47. The Kier molecular flexibility index (Phi) is 5.71. The van der Waals surface area contributed by atoms with E-state index in [1.807, 2.05) is 23.9 Å². The van der Waals surface area contributed by atoms with Crippen molar-refractivity contribution in [3.8, 4) is 22.8 Å². The van der Waals surface area contributed by atoms with Crippen LogP contribution in [0.2, 0.25) is 0 Å². The van der Waals surface area contributed by atoms with Gasteiger partial charge < -0.3 is 19.7 Å². The first-order valence-corrected chi connectivity index (χ1v) is 9.99. The highest BCUT2D eigenvalue weighted by atomic mass is 16.5. The number of anilines is 1. The molecule has 0 amide bonds. The number of aryl methyl sites for hydroxylation is 1. The van der Waals surface area contributed by atoms with Gasteiger partial charge in [0.05, 0.1) is 18.9 Å². The van der Waals surface area contributed by atoms with Gasteiger partial charge in [0.25, 0.3) is 0 Å². The summed E-state index contributed by atoms with van der Waals surface area (Å²) in [4.78, 5) is 2.11. The van der Waals surface area contributed by atoms with E-state index in [0.29, 0.717) is 13.2 Å². The Morgan fingerprint density at radius 1 is 1.00 bits per heavy atom. The maximum atomic E-state index is 5.84. The number of rotatable bonds is 6. The normalized spacial score (nSPS) is 13.2. The van der Waals surface area contributed by atoms with Crippen LogP contribution in [0.1, 0.15) is 17.5 Å². The Morgan fingerprint density at radius 3 is 2.52 bits per heavy atom. The van der Waals surface area contributed by atoms with Gasteiger partial charge in [-0.3, -0.25) is 4.68 Å². The highest BCUT2D eigenvalue weighted by molar-refractivity contribution is 5.66. The predicted octanol–water partition coefficient (Wildman–Crippen LogP) is 3.60. The van der Waals surface area contributed by atoms with E-state index in [1.165, 1.54) is 11.3 Å². The third kappa shape index (κ3) is 4.54. The molecule has 6 nitrogen and oxygen atoms in total. The highest BCUT2D eigenvalue weighted by Crippen LogP contribution is 2.34. The van der Waals surface area contributed by atoms with Gasteiger partial charge in [-0.25, -0.2) is 0 Å². The Balaban J connectivity index is 1.46. The zero-order valence-electron chi connectivity index (χ0n) is 17.3. The Hall–Kier alpha value is -2.99. The summed E-state index contributed by atoms with van der Waals surface area (Å²) in [5.74, 6) is 1.61. The summed E-state index contributed by atoms with van der Waals surface area (Å²) < 4.78 is 13.5. The molecule has 1 aliphatic heterocycles. The van der Waals surface area contributed by atoms with Gasteiger partial charge >= 0.3 is 0 Å². The quantitative estimate of drug-likeness (QED) is 0.695. The summed E-state index contributed by atoms with van der Waals surface area (Å²) in [6.45, 7) is 2.93. The van der Waals surface area contributed by atoms with Crippen LogP contribution in [0.4, 0.5) is 5.69 Å². The van der Waals surface area contributed by atoms with E-state index in [1.54, 1.807) is 0 Å². The second-order valence-electron chi connectivity index (χ2n) is 7.55. The molecule has 0 saturated carbocycles. The molecule has 1 N–H and O–H groups in total. The molecule has 4 rings (SSSR count). The third-order valence-electron chi connectivity index (χ3n) is 5.02. The van der Waals surface area contributed by atoms with Crippen LogP contribution in [0.3, 0.4) is 0 Å². The zero-order valence-corrected chi connectivity index (χ0v) is 17.3. The lowest BCUT2D eigenvalue weighted by Gasteiger charge is -2.13. The minimum Gasteiger partial charge on any atom is -0.490 e. The molecule has 0 spiro atoms. The standard InChI is InChI=1S/C23H28N4O2/c1-26(2)20-8-5-17(6-9-20)14-24-15-19-16-27(3)25-23(19)18-7-10-21-22(13-18)29-12-4-11-28-21/h5-10,13,16,24H,4,11-12,14-15H2,1-3H3.